The summed E-state index contributed by atoms with van der Waals surface area (Å²) in [5, 5.41) is 10.0. The molecule has 0 bridgehead atoms. The number of nitrogens with zero attached hydrogens (tertiary/aromatic N) is 2. The van der Waals surface area contributed by atoms with Gasteiger partial charge in [-0.2, -0.15) is 0 Å². The number of amidine groups is 1. The zero-order chi connectivity index (χ0) is 16.1. The SMILES string of the molecule is CCCCCCCCC(C)(C)C1=NC(C)(C)CN1C(C)O. The van der Waals surface area contributed by atoms with Gasteiger partial charge in [0, 0.05) is 12.0 Å². The van der Waals surface area contributed by atoms with E-state index in [0.717, 1.165) is 18.8 Å². The summed E-state index contributed by atoms with van der Waals surface area (Å²) < 4.78 is 0. The maximum absolute atomic E-state index is 10.0. The molecule has 0 aromatic heterocycles. The predicted octanol–water partition coefficient (Wildman–Crippen LogP) is 4.59. The van der Waals surface area contributed by atoms with Crippen molar-refractivity contribution in [2.75, 3.05) is 6.54 Å². The Labute approximate surface area is 131 Å². The second kappa shape index (κ2) is 7.62. The summed E-state index contributed by atoms with van der Waals surface area (Å²) in [6.45, 7) is 13.8. The van der Waals surface area contributed by atoms with Gasteiger partial charge in [0.15, 0.2) is 0 Å². The molecule has 0 aromatic rings. The minimum Gasteiger partial charge on any atom is -0.374 e. The van der Waals surface area contributed by atoms with E-state index >= 15 is 0 Å². The van der Waals surface area contributed by atoms with Crippen LogP contribution in [0, 0.1) is 5.41 Å². The Morgan fingerprint density at radius 3 is 2.33 bits per heavy atom. The molecule has 3 nitrogen and oxygen atoms in total. The molecule has 21 heavy (non-hydrogen) atoms. The minimum atomic E-state index is -0.450. The Bertz CT molecular complexity index is 345. The fourth-order valence-corrected chi connectivity index (χ4v) is 3.19. The second-order valence-corrected chi connectivity index (χ2v) is 7.91. The first-order chi connectivity index (χ1) is 9.69. The van der Waals surface area contributed by atoms with Crippen LogP contribution in [0.25, 0.3) is 0 Å². The van der Waals surface area contributed by atoms with Crippen molar-refractivity contribution in [3.8, 4) is 0 Å². The quantitative estimate of drug-likeness (QED) is 0.631. The van der Waals surface area contributed by atoms with Gasteiger partial charge in [-0.3, -0.25) is 4.99 Å². The first kappa shape index (κ1) is 18.5. The van der Waals surface area contributed by atoms with Gasteiger partial charge in [-0.1, -0.05) is 59.3 Å². The monoisotopic (exact) mass is 296 g/mol. The molecule has 1 unspecified atom stereocenters. The van der Waals surface area contributed by atoms with Crippen LogP contribution in [0.1, 0.15) is 86.5 Å². The second-order valence-electron chi connectivity index (χ2n) is 7.91. The van der Waals surface area contributed by atoms with Crippen LogP contribution >= 0.6 is 0 Å². The highest BCUT2D eigenvalue weighted by atomic mass is 16.3. The van der Waals surface area contributed by atoms with E-state index in [2.05, 4.69) is 39.5 Å². The molecule has 1 rings (SSSR count). The van der Waals surface area contributed by atoms with Gasteiger partial charge >= 0.3 is 0 Å². The van der Waals surface area contributed by atoms with E-state index < -0.39 is 6.23 Å². The predicted molar refractivity (Wildman–Crippen MR) is 91.7 cm³/mol. The Kier molecular flexibility index (Phi) is 6.71. The number of aliphatic hydroxyl groups excluding tert-OH is 1. The molecule has 1 heterocycles. The van der Waals surface area contributed by atoms with Crippen LogP contribution in [-0.2, 0) is 0 Å². The molecule has 1 aliphatic heterocycles. The van der Waals surface area contributed by atoms with Crippen LogP contribution in [0.15, 0.2) is 4.99 Å². The molecule has 0 aliphatic carbocycles. The van der Waals surface area contributed by atoms with E-state index in [9.17, 15) is 5.11 Å². The zero-order valence-electron chi connectivity index (χ0n) is 15.1. The third kappa shape index (κ3) is 5.61. The Balaban J connectivity index is 2.55. The topological polar surface area (TPSA) is 35.8 Å². The minimum absolute atomic E-state index is 0.0511. The Hall–Kier alpha value is -0.570. The molecule has 0 radical (unpaired) electrons. The summed E-state index contributed by atoms with van der Waals surface area (Å²) in [6.07, 6.45) is 8.65. The Morgan fingerprint density at radius 1 is 1.19 bits per heavy atom. The lowest BCUT2D eigenvalue weighted by Crippen LogP contribution is -2.44. The molecule has 1 N–H and O–H groups in total. The maximum Gasteiger partial charge on any atom is 0.125 e. The maximum atomic E-state index is 10.0. The van der Waals surface area contributed by atoms with Gasteiger partial charge in [-0.25, -0.2) is 0 Å². The summed E-state index contributed by atoms with van der Waals surface area (Å²) in [5.41, 5.74) is -0.0275. The average molecular weight is 296 g/mol. The van der Waals surface area contributed by atoms with E-state index in [1.54, 1.807) is 0 Å². The van der Waals surface area contributed by atoms with Gasteiger partial charge in [0.1, 0.15) is 12.1 Å². The summed E-state index contributed by atoms with van der Waals surface area (Å²) in [4.78, 5) is 6.99. The van der Waals surface area contributed by atoms with Crippen LogP contribution in [0.4, 0.5) is 0 Å². The van der Waals surface area contributed by atoms with Crippen LogP contribution in [0.3, 0.4) is 0 Å². The lowest BCUT2D eigenvalue weighted by Gasteiger charge is -2.34. The van der Waals surface area contributed by atoms with Crippen molar-refractivity contribution < 1.29 is 5.11 Å². The molecule has 0 fully saturated rings. The number of rotatable bonds is 9. The fraction of sp³-hybridized carbons (Fsp3) is 0.944. The molecular formula is C18H36N2O. The first-order valence-electron chi connectivity index (χ1n) is 8.75. The van der Waals surface area contributed by atoms with Crippen molar-refractivity contribution in [2.45, 2.75) is 98.3 Å². The molecule has 124 valence electrons. The smallest absolute Gasteiger partial charge is 0.125 e. The number of hydrogen-bond donors (Lipinski definition) is 1. The normalized spacial score (nSPS) is 19.8. The molecule has 1 aliphatic rings. The van der Waals surface area contributed by atoms with Gasteiger partial charge < -0.3 is 10.0 Å². The largest absolute Gasteiger partial charge is 0.374 e. The molecule has 0 saturated carbocycles. The van der Waals surface area contributed by atoms with Gasteiger partial charge in [0.2, 0.25) is 0 Å². The lowest BCUT2D eigenvalue weighted by atomic mass is 9.84. The van der Waals surface area contributed by atoms with Crippen molar-refractivity contribution in [2.24, 2.45) is 10.4 Å². The molecule has 0 spiro atoms. The van der Waals surface area contributed by atoms with Crippen molar-refractivity contribution in [3.05, 3.63) is 0 Å². The highest BCUT2D eigenvalue weighted by Gasteiger charge is 2.40. The number of aliphatic imine (C=N–C) groups is 1. The van der Waals surface area contributed by atoms with Crippen molar-refractivity contribution in [1.82, 2.24) is 4.90 Å². The Morgan fingerprint density at radius 2 is 1.76 bits per heavy atom. The summed E-state index contributed by atoms with van der Waals surface area (Å²) >= 11 is 0. The van der Waals surface area contributed by atoms with Crippen molar-refractivity contribution >= 4 is 5.84 Å². The fourth-order valence-electron chi connectivity index (χ4n) is 3.19. The van der Waals surface area contributed by atoms with Gasteiger partial charge in [-0.15, -0.1) is 0 Å². The molecule has 0 saturated heterocycles. The van der Waals surface area contributed by atoms with Gasteiger partial charge in [0.05, 0.1) is 5.54 Å². The highest BCUT2D eigenvalue weighted by molar-refractivity contribution is 5.89. The summed E-state index contributed by atoms with van der Waals surface area (Å²) in [6, 6.07) is 0. The highest BCUT2D eigenvalue weighted by Crippen LogP contribution is 2.34. The average Bonchev–Trinajstić information content (AvgIpc) is 2.71. The molecular weight excluding hydrogens is 260 g/mol. The number of aliphatic hydroxyl groups is 1. The van der Waals surface area contributed by atoms with Crippen molar-refractivity contribution in [1.29, 1.82) is 0 Å². The van der Waals surface area contributed by atoms with Gasteiger partial charge in [-0.05, 0) is 27.2 Å². The number of hydrogen-bond acceptors (Lipinski definition) is 3. The van der Waals surface area contributed by atoms with Crippen LogP contribution in [0.5, 0.6) is 0 Å². The van der Waals surface area contributed by atoms with E-state index in [-0.39, 0.29) is 11.0 Å². The molecule has 1 atom stereocenters. The third-order valence-corrected chi connectivity index (χ3v) is 4.45. The van der Waals surface area contributed by atoms with Crippen LogP contribution in [-0.4, -0.2) is 34.2 Å². The number of unbranched alkanes of at least 4 members (excludes halogenated alkanes) is 5. The first-order valence-corrected chi connectivity index (χ1v) is 8.75. The van der Waals surface area contributed by atoms with Crippen LogP contribution < -0.4 is 0 Å². The summed E-state index contributed by atoms with van der Waals surface area (Å²) in [5.74, 6) is 1.09. The standard InChI is InChI=1S/C18H36N2O/c1-7-8-9-10-11-12-13-17(3,4)16-19-18(5,6)14-20(16)15(2)21/h15,21H,7-14H2,1-6H3. The third-order valence-electron chi connectivity index (χ3n) is 4.45. The van der Waals surface area contributed by atoms with Gasteiger partial charge in [0.25, 0.3) is 0 Å². The molecule has 0 aromatic carbocycles. The zero-order valence-corrected chi connectivity index (χ0v) is 15.1. The van der Waals surface area contributed by atoms with E-state index in [1.165, 1.54) is 38.5 Å². The lowest BCUT2D eigenvalue weighted by molar-refractivity contribution is 0.0631. The molecule has 3 heteroatoms. The van der Waals surface area contributed by atoms with Crippen LogP contribution in [0.2, 0.25) is 0 Å². The van der Waals surface area contributed by atoms with Crippen molar-refractivity contribution in [3.63, 3.8) is 0 Å². The van der Waals surface area contributed by atoms with E-state index in [0.29, 0.717) is 0 Å². The molecule has 0 amide bonds. The van der Waals surface area contributed by atoms with E-state index in [4.69, 9.17) is 4.99 Å². The summed E-state index contributed by atoms with van der Waals surface area (Å²) in [7, 11) is 0. The van der Waals surface area contributed by atoms with E-state index in [1.807, 2.05) is 6.92 Å².